The summed E-state index contributed by atoms with van der Waals surface area (Å²) < 4.78 is 51.8. The van der Waals surface area contributed by atoms with Crippen molar-refractivity contribution < 1.29 is 32.0 Å². The maximum absolute atomic E-state index is 12.3. The molecule has 3 aromatic rings. The van der Waals surface area contributed by atoms with E-state index < -0.39 is 12.5 Å². The number of oxime groups is 1. The van der Waals surface area contributed by atoms with Crippen molar-refractivity contribution >= 4 is 6.21 Å². The van der Waals surface area contributed by atoms with Crippen LogP contribution in [0.15, 0.2) is 58.2 Å². The van der Waals surface area contributed by atoms with Gasteiger partial charge in [0.05, 0.1) is 11.9 Å². The van der Waals surface area contributed by atoms with E-state index in [0.29, 0.717) is 17.9 Å². The summed E-state index contributed by atoms with van der Waals surface area (Å²) in [5.74, 6) is 0.928. The highest BCUT2D eigenvalue weighted by atomic mass is 19.4. The third-order valence-corrected chi connectivity index (χ3v) is 4.38. The average Bonchev–Trinajstić information content (AvgIpc) is 3.12. The van der Waals surface area contributed by atoms with Crippen molar-refractivity contribution in [1.82, 2.24) is 5.16 Å². The molecule has 0 radical (unpaired) electrons. The van der Waals surface area contributed by atoms with Crippen LogP contribution in [-0.2, 0) is 17.8 Å². The van der Waals surface area contributed by atoms with E-state index in [4.69, 9.17) is 14.1 Å². The average molecular weight is 418 g/mol. The molecule has 0 saturated heterocycles. The van der Waals surface area contributed by atoms with E-state index in [1.165, 1.54) is 12.1 Å². The van der Waals surface area contributed by atoms with Gasteiger partial charge in [-0.3, -0.25) is 0 Å². The van der Waals surface area contributed by atoms with Gasteiger partial charge in [-0.2, -0.15) is 0 Å². The molecule has 1 aliphatic rings. The van der Waals surface area contributed by atoms with Crippen molar-refractivity contribution in [3.63, 3.8) is 0 Å². The third kappa shape index (κ3) is 4.98. The van der Waals surface area contributed by atoms with Crippen LogP contribution in [0.4, 0.5) is 13.2 Å². The van der Waals surface area contributed by atoms with Crippen LogP contribution < -0.4 is 9.57 Å². The molecule has 0 amide bonds. The lowest BCUT2D eigenvalue weighted by Crippen LogP contribution is -2.17. The smallest absolute Gasteiger partial charge is 0.406 e. The van der Waals surface area contributed by atoms with E-state index in [2.05, 4.69) is 15.0 Å². The molecule has 0 bridgehead atoms. The van der Waals surface area contributed by atoms with Crippen LogP contribution in [-0.4, -0.2) is 17.7 Å². The highest BCUT2D eigenvalue weighted by Gasteiger charge is 2.31. The molecule has 6 nitrogen and oxygen atoms in total. The summed E-state index contributed by atoms with van der Waals surface area (Å²) in [6.45, 7) is 2.05. The fourth-order valence-electron chi connectivity index (χ4n) is 3.07. The van der Waals surface area contributed by atoms with Gasteiger partial charge in [0.2, 0.25) is 0 Å². The lowest BCUT2D eigenvalue weighted by molar-refractivity contribution is -0.274. The molecule has 0 N–H and O–H groups in total. The molecular formula is C21H17F3N2O4. The zero-order chi connectivity index (χ0) is 21.1. The second-order valence-electron chi connectivity index (χ2n) is 6.75. The Bertz CT molecular complexity index is 1050. The van der Waals surface area contributed by atoms with Gasteiger partial charge in [-0.05, 0) is 48.7 Å². The zero-order valence-corrected chi connectivity index (χ0v) is 15.8. The van der Waals surface area contributed by atoms with Crippen LogP contribution in [0.25, 0.3) is 0 Å². The maximum atomic E-state index is 12.3. The Kier molecular flexibility index (Phi) is 5.45. The van der Waals surface area contributed by atoms with Crippen LogP contribution in [0.3, 0.4) is 0 Å². The second-order valence-corrected chi connectivity index (χ2v) is 6.75. The Morgan fingerprint density at radius 1 is 1.03 bits per heavy atom. The highest BCUT2D eigenvalue weighted by Crippen LogP contribution is 2.32. The quantitative estimate of drug-likeness (QED) is 0.557. The normalized spacial score (nSPS) is 15.5. The standard InChI is InChI=1S/C21H17F3N2O4/c1-13-8-17(29-26-13)12-27-20-11-25-30-19-7-4-15(10-18(19)20)9-14-2-5-16(6-3-14)28-21(22,23)24/h2-8,10-11,20H,9,12H2,1H3. The van der Waals surface area contributed by atoms with Gasteiger partial charge in [0.1, 0.15) is 18.5 Å². The molecule has 4 rings (SSSR count). The minimum absolute atomic E-state index is 0.224. The lowest BCUT2D eigenvalue weighted by atomic mass is 9.99. The molecule has 0 aliphatic carbocycles. The summed E-state index contributed by atoms with van der Waals surface area (Å²) in [6, 6.07) is 13.2. The second kappa shape index (κ2) is 8.19. The molecule has 2 aromatic carbocycles. The fourth-order valence-corrected chi connectivity index (χ4v) is 3.07. The summed E-state index contributed by atoms with van der Waals surface area (Å²) in [5, 5.41) is 7.69. The summed E-state index contributed by atoms with van der Waals surface area (Å²) in [5.41, 5.74) is 3.35. The number of hydrogen-bond acceptors (Lipinski definition) is 6. The molecule has 30 heavy (non-hydrogen) atoms. The summed E-state index contributed by atoms with van der Waals surface area (Å²) in [6.07, 6.45) is -3.06. The molecule has 1 aliphatic heterocycles. The Morgan fingerprint density at radius 3 is 2.50 bits per heavy atom. The van der Waals surface area contributed by atoms with Crippen LogP contribution in [0.5, 0.6) is 11.5 Å². The predicted molar refractivity (Wildman–Crippen MR) is 100 cm³/mol. The lowest BCUT2D eigenvalue weighted by Gasteiger charge is -2.20. The number of aryl methyl sites for hydroxylation is 1. The van der Waals surface area contributed by atoms with E-state index in [1.807, 2.05) is 19.1 Å². The minimum atomic E-state index is -4.71. The van der Waals surface area contributed by atoms with Gasteiger partial charge in [-0.15, -0.1) is 13.2 Å². The first-order chi connectivity index (χ1) is 14.4. The number of halogens is 3. The first-order valence-corrected chi connectivity index (χ1v) is 9.07. The van der Waals surface area contributed by atoms with Crippen molar-refractivity contribution in [2.24, 2.45) is 5.16 Å². The van der Waals surface area contributed by atoms with Crippen LogP contribution in [0, 0.1) is 6.92 Å². The molecule has 9 heteroatoms. The number of hydrogen-bond donors (Lipinski definition) is 0. The number of rotatable bonds is 6. The molecule has 0 saturated carbocycles. The van der Waals surface area contributed by atoms with Crippen molar-refractivity contribution in [3.8, 4) is 11.5 Å². The molecule has 0 fully saturated rings. The number of ether oxygens (including phenoxy) is 2. The summed E-state index contributed by atoms with van der Waals surface area (Å²) >= 11 is 0. The van der Waals surface area contributed by atoms with E-state index in [-0.39, 0.29) is 12.4 Å². The Hall–Kier alpha value is -3.33. The first-order valence-electron chi connectivity index (χ1n) is 9.07. The summed E-state index contributed by atoms with van der Waals surface area (Å²) in [4.78, 5) is 5.31. The summed E-state index contributed by atoms with van der Waals surface area (Å²) in [7, 11) is 0. The van der Waals surface area contributed by atoms with Crippen LogP contribution in [0.1, 0.15) is 34.2 Å². The Labute approximate surface area is 169 Å². The van der Waals surface area contributed by atoms with E-state index in [0.717, 1.165) is 22.4 Å². The van der Waals surface area contributed by atoms with Gasteiger partial charge >= 0.3 is 6.36 Å². The molecule has 1 atom stereocenters. The Morgan fingerprint density at radius 2 is 1.80 bits per heavy atom. The number of aromatic nitrogens is 1. The largest absolute Gasteiger partial charge is 0.573 e. The molecule has 156 valence electrons. The fraction of sp³-hybridized carbons (Fsp3) is 0.238. The molecule has 1 aromatic heterocycles. The number of nitrogens with zero attached hydrogens (tertiary/aromatic N) is 2. The Balaban J connectivity index is 1.46. The van der Waals surface area contributed by atoms with Crippen molar-refractivity contribution in [2.75, 3.05) is 0 Å². The van der Waals surface area contributed by atoms with Gasteiger partial charge in [0.15, 0.2) is 11.5 Å². The molecular weight excluding hydrogens is 401 g/mol. The van der Waals surface area contributed by atoms with Gasteiger partial charge in [0, 0.05) is 11.6 Å². The van der Waals surface area contributed by atoms with Crippen molar-refractivity contribution in [2.45, 2.75) is 32.4 Å². The monoisotopic (exact) mass is 418 g/mol. The van der Waals surface area contributed by atoms with Crippen LogP contribution in [0.2, 0.25) is 0 Å². The highest BCUT2D eigenvalue weighted by molar-refractivity contribution is 5.69. The van der Waals surface area contributed by atoms with Gasteiger partial charge in [-0.1, -0.05) is 28.5 Å². The van der Waals surface area contributed by atoms with E-state index in [9.17, 15) is 13.2 Å². The van der Waals surface area contributed by atoms with Gasteiger partial charge in [0.25, 0.3) is 0 Å². The van der Waals surface area contributed by atoms with Gasteiger partial charge < -0.3 is 18.8 Å². The maximum Gasteiger partial charge on any atom is 0.573 e. The van der Waals surface area contributed by atoms with Crippen molar-refractivity contribution in [3.05, 3.63) is 76.7 Å². The zero-order valence-electron chi connectivity index (χ0n) is 15.8. The number of fused-ring (bicyclic) bond motifs is 1. The minimum Gasteiger partial charge on any atom is -0.406 e. The van der Waals surface area contributed by atoms with Gasteiger partial charge in [-0.25, -0.2) is 0 Å². The number of alkyl halides is 3. The van der Waals surface area contributed by atoms with Crippen LogP contribution >= 0.6 is 0 Å². The van der Waals surface area contributed by atoms with E-state index >= 15 is 0 Å². The molecule has 2 heterocycles. The van der Waals surface area contributed by atoms with E-state index in [1.54, 1.807) is 30.5 Å². The molecule has 1 unspecified atom stereocenters. The number of benzene rings is 2. The van der Waals surface area contributed by atoms with Crippen molar-refractivity contribution in [1.29, 1.82) is 0 Å². The predicted octanol–water partition coefficient (Wildman–Crippen LogP) is 5.11. The molecule has 0 spiro atoms. The first kappa shape index (κ1) is 20.0. The topological polar surface area (TPSA) is 66.1 Å². The third-order valence-electron chi connectivity index (χ3n) is 4.38. The SMILES string of the molecule is Cc1cc(COC2C=NOc3ccc(Cc4ccc(OC(F)(F)F)cc4)cc32)on1.